The minimum absolute atomic E-state index is 0.233. The molecule has 0 bridgehead atoms. The Morgan fingerprint density at radius 1 is 1.17 bits per heavy atom. The van der Waals surface area contributed by atoms with Gasteiger partial charge in [0.2, 0.25) is 5.89 Å². The Balaban J connectivity index is 1.29. The maximum absolute atomic E-state index is 14.3. The number of halogens is 1. The number of ether oxygens (including phenoxy) is 1. The lowest BCUT2D eigenvalue weighted by Gasteiger charge is -2.26. The first-order valence-corrected chi connectivity index (χ1v) is 9.10. The van der Waals surface area contributed by atoms with Crippen molar-refractivity contribution in [3.8, 4) is 0 Å². The van der Waals surface area contributed by atoms with Crippen molar-refractivity contribution in [1.82, 2.24) is 9.88 Å². The molecule has 1 aliphatic carbocycles. The number of hydrogen-bond donors (Lipinski definition) is 0. The number of benzene rings is 1. The summed E-state index contributed by atoms with van der Waals surface area (Å²) >= 11 is 0. The number of nitrogens with zero attached hydrogens (tertiary/aromatic N) is 2. The molecule has 130 valence electrons. The molecule has 0 spiro atoms. The highest BCUT2D eigenvalue weighted by Crippen LogP contribution is 2.27. The van der Waals surface area contributed by atoms with Crippen molar-refractivity contribution in [3.05, 3.63) is 30.2 Å². The highest BCUT2D eigenvalue weighted by atomic mass is 19.1. The molecule has 1 aromatic carbocycles. The van der Waals surface area contributed by atoms with Gasteiger partial charge in [-0.1, -0.05) is 31.4 Å². The van der Waals surface area contributed by atoms with E-state index in [1.807, 2.05) is 24.3 Å². The van der Waals surface area contributed by atoms with E-state index in [0.29, 0.717) is 19.0 Å². The van der Waals surface area contributed by atoms with Gasteiger partial charge in [-0.2, -0.15) is 0 Å². The molecule has 0 N–H and O–H groups in total. The molecule has 1 saturated carbocycles. The van der Waals surface area contributed by atoms with Crippen molar-refractivity contribution >= 4 is 11.1 Å². The molecule has 2 aliphatic rings. The molecule has 0 unspecified atom stereocenters. The third kappa shape index (κ3) is 3.62. The van der Waals surface area contributed by atoms with Gasteiger partial charge in [-0.05, 0) is 30.9 Å². The number of oxazole rings is 1. The second-order valence-corrected chi connectivity index (χ2v) is 7.16. The van der Waals surface area contributed by atoms with E-state index in [0.717, 1.165) is 23.6 Å². The van der Waals surface area contributed by atoms with Gasteiger partial charge in [-0.3, -0.25) is 4.90 Å². The number of likely N-dealkylation sites (tertiary alicyclic amines) is 1. The van der Waals surface area contributed by atoms with Crippen molar-refractivity contribution in [2.75, 3.05) is 19.6 Å². The lowest BCUT2D eigenvalue weighted by atomic mass is 9.89. The second-order valence-electron chi connectivity index (χ2n) is 7.16. The zero-order chi connectivity index (χ0) is 16.4. The van der Waals surface area contributed by atoms with E-state index in [-0.39, 0.29) is 12.7 Å². The molecule has 4 nitrogen and oxygen atoms in total. The monoisotopic (exact) mass is 332 g/mol. The van der Waals surface area contributed by atoms with Gasteiger partial charge >= 0.3 is 0 Å². The van der Waals surface area contributed by atoms with E-state index in [1.54, 1.807) is 0 Å². The molecule has 1 aliphatic heterocycles. The summed E-state index contributed by atoms with van der Waals surface area (Å²) in [5.41, 5.74) is 1.57. The van der Waals surface area contributed by atoms with Crippen LogP contribution in [-0.2, 0) is 11.3 Å². The zero-order valence-corrected chi connectivity index (χ0v) is 14.0. The van der Waals surface area contributed by atoms with Crippen LogP contribution >= 0.6 is 0 Å². The number of para-hydroxylation sites is 2. The standard InChI is InChI=1S/C19H25FN2O2/c20-15-11-22(10-14-6-2-1-3-7-14)12-18(15)23-13-19-21-16-8-4-5-9-17(16)24-19/h4-5,8-9,14-15,18H,1-3,6-7,10-13H2/t15-,18+/m1/s1. The average molecular weight is 332 g/mol. The lowest BCUT2D eigenvalue weighted by Crippen LogP contribution is -2.30. The van der Waals surface area contributed by atoms with E-state index < -0.39 is 6.17 Å². The van der Waals surface area contributed by atoms with E-state index in [4.69, 9.17) is 9.15 Å². The van der Waals surface area contributed by atoms with Gasteiger partial charge in [0.05, 0.1) is 0 Å². The lowest BCUT2D eigenvalue weighted by molar-refractivity contribution is 0.00215. The van der Waals surface area contributed by atoms with Gasteiger partial charge in [-0.25, -0.2) is 9.37 Å². The minimum atomic E-state index is -0.919. The van der Waals surface area contributed by atoms with Crippen LogP contribution in [0.15, 0.2) is 28.7 Å². The maximum atomic E-state index is 14.3. The van der Waals surface area contributed by atoms with Crippen LogP contribution in [0.1, 0.15) is 38.0 Å². The highest BCUT2D eigenvalue weighted by molar-refractivity contribution is 5.72. The zero-order valence-electron chi connectivity index (χ0n) is 14.0. The molecule has 0 radical (unpaired) electrons. The Labute approximate surface area is 142 Å². The van der Waals surface area contributed by atoms with Crippen molar-refractivity contribution in [2.24, 2.45) is 5.92 Å². The fourth-order valence-corrected chi connectivity index (χ4v) is 4.01. The van der Waals surface area contributed by atoms with Gasteiger partial charge in [-0.15, -0.1) is 0 Å². The van der Waals surface area contributed by atoms with Crippen molar-refractivity contribution in [3.63, 3.8) is 0 Å². The average Bonchev–Trinajstić information content (AvgIpc) is 3.16. The molecular formula is C19H25FN2O2. The van der Waals surface area contributed by atoms with Crippen molar-refractivity contribution < 1.29 is 13.5 Å². The number of hydrogen-bond acceptors (Lipinski definition) is 4. The molecule has 1 aromatic heterocycles. The molecule has 4 rings (SSSR count). The van der Waals surface area contributed by atoms with Gasteiger partial charge in [0.15, 0.2) is 5.58 Å². The third-order valence-electron chi connectivity index (χ3n) is 5.27. The van der Waals surface area contributed by atoms with E-state index >= 15 is 0 Å². The van der Waals surface area contributed by atoms with E-state index in [9.17, 15) is 4.39 Å². The molecule has 2 atom stereocenters. The van der Waals surface area contributed by atoms with Crippen LogP contribution in [-0.4, -0.2) is 41.8 Å². The second kappa shape index (κ2) is 7.19. The largest absolute Gasteiger partial charge is 0.438 e. The number of aromatic nitrogens is 1. The third-order valence-corrected chi connectivity index (χ3v) is 5.27. The number of fused-ring (bicyclic) bond motifs is 1. The van der Waals surface area contributed by atoms with E-state index in [2.05, 4.69) is 9.88 Å². The summed E-state index contributed by atoms with van der Waals surface area (Å²) < 4.78 is 25.7. The van der Waals surface area contributed by atoms with Crippen LogP contribution in [0.4, 0.5) is 4.39 Å². The summed E-state index contributed by atoms with van der Waals surface area (Å²) in [6.45, 7) is 2.42. The quantitative estimate of drug-likeness (QED) is 0.831. The fourth-order valence-electron chi connectivity index (χ4n) is 4.01. The van der Waals surface area contributed by atoms with E-state index in [1.165, 1.54) is 32.1 Å². The molecule has 0 amide bonds. The van der Waals surface area contributed by atoms with Crippen molar-refractivity contribution in [2.45, 2.75) is 51.0 Å². The predicted molar refractivity (Wildman–Crippen MR) is 90.5 cm³/mol. The number of rotatable bonds is 5. The Kier molecular flexibility index (Phi) is 4.81. The highest BCUT2D eigenvalue weighted by Gasteiger charge is 2.35. The van der Waals surface area contributed by atoms with Crippen LogP contribution in [0.2, 0.25) is 0 Å². The van der Waals surface area contributed by atoms with Gasteiger partial charge in [0.1, 0.15) is 24.4 Å². The van der Waals surface area contributed by atoms with Gasteiger partial charge < -0.3 is 9.15 Å². The minimum Gasteiger partial charge on any atom is -0.438 e. The topological polar surface area (TPSA) is 38.5 Å². The summed E-state index contributed by atoms with van der Waals surface area (Å²) in [6, 6.07) is 7.62. The van der Waals surface area contributed by atoms with Gasteiger partial charge in [0.25, 0.3) is 0 Å². The fraction of sp³-hybridized carbons (Fsp3) is 0.632. The molecule has 2 fully saturated rings. The Morgan fingerprint density at radius 2 is 2.00 bits per heavy atom. The Hall–Kier alpha value is -1.46. The summed E-state index contributed by atoms with van der Waals surface area (Å²) in [6.07, 6.45) is 5.31. The maximum Gasteiger partial charge on any atom is 0.221 e. The van der Waals surface area contributed by atoms with Crippen LogP contribution < -0.4 is 0 Å². The summed E-state index contributed by atoms with van der Waals surface area (Å²) in [4.78, 5) is 6.62. The first kappa shape index (κ1) is 16.0. The Bertz CT molecular complexity index is 635. The molecule has 2 heterocycles. The van der Waals surface area contributed by atoms with Crippen LogP contribution in [0.5, 0.6) is 0 Å². The van der Waals surface area contributed by atoms with Gasteiger partial charge in [0, 0.05) is 19.6 Å². The SMILES string of the molecule is F[C@@H]1CN(CC2CCCCC2)C[C@@H]1OCc1nc2ccccc2o1. The van der Waals surface area contributed by atoms with Crippen LogP contribution in [0.25, 0.3) is 11.1 Å². The summed E-state index contributed by atoms with van der Waals surface area (Å²) in [5, 5.41) is 0. The molecular weight excluding hydrogens is 307 g/mol. The molecule has 1 saturated heterocycles. The smallest absolute Gasteiger partial charge is 0.221 e. The Morgan fingerprint density at radius 3 is 2.83 bits per heavy atom. The first-order chi connectivity index (χ1) is 11.8. The molecule has 2 aromatic rings. The molecule has 5 heteroatoms. The normalized spacial score (nSPS) is 26.4. The molecule has 24 heavy (non-hydrogen) atoms. The summed E-state index contributed by atoms with van der Waals surface area (Å²) in [5.74, 6) is 1.26. The van der Waals surface area contributed by atoms with Crippen molar-refractivity contribution in [1.29, 1.82) is 0 Å². The predicted octanol–water partition coefficient (Wildman–Crippen LogP) is 3.95. The number of alkyl halides is 1. The summed E-state index contributed by atoms with van der Waals surface area (Å²) in [7, 11) is 0. The van der Waals surface area contributed by atoms with Crippen LogP contribution in [0, 0.1) is 5.92 Å². The van der Waals surface area contributed by atoms with Crippen LogP contribution in [0.3, 0.4) is 0 Å². The first-order valence-electron chi connectivity index (χ1n) is 9.10.